The van der Waals surface area contributed by atoms with E-state index in [9.17, 15) is 18.3 Å². The van der Waals surface area contributed by atoms with Crippen molar-refractivity contribution in [3.8, 4) is 11.1 Å². The second-order valence-corrected chi connectivity index (χ2v) is 9.52. The maximum atomic E-state index is 13.6. The Kier molecular flexibility index (Phi) is 4.25. The molecule has 27 heavy (non-hydrogen) atoms. The predicted molar refractivity (Wildman–Crippen MR) is 107 cm³/mol. The van der Waals surface area contributed by atoms with Crippen LogP contribution < -0.4 is 5.73 Å². The minimum atomic E-state index is -2.54. The van der Waals surface area contributed by atoms with Crippen molar-refractivity contribution in [3.05, 3.63) is 59.0 Å². The number of carbonyl (C=O) groups is 1. The van der Waals surface area contributed by atoms with Crippen LogP contribution in [0.4, 0.5) is 4.39 Å². The molecule has 7 heteroatoms. The zero-order valence-corrected chi connectivity index (χ0v) is 15.6. The minimum Gasteiger partial charge on any atom is -0.366 e. The third-order valence-corrected chi connectivity index (χ3v) is 7.11. The number of hydrogen-bond donors (Lipinski definition) is 4. The van der Waals surface area contributed by atoms with Crippen LogP contribution in [0.25, 0.3) is 22.0 Å². The van der Waals surface area contributed by atoms with Gasteiger partial charge in [-0.05, 0) is 59.9 Å². The minimum absolute atomic E-state index is 0.00896. The number of primary amides is 1. The molecule has 0 bridgehead atoms. The lowest BCUT2D eigenvalue weighted by Gasteiger charge is -2.26. The Balaban J connectivity index is 1.89. The highest BCUT2D eigenvalue weighted by atomic mass is 32.3. The van der Waals surface area contributed by atoms with Crippen LogP contribution in [0.5, 0.6) is 0 Å². The average molecular weight is 388 g/mol. The summed E-state index contributed by atoms with van der Waals surface area (Å²) >= 11 is 0. The third-order valence-electron chi connectivity index (χ3n) is 5.28. The zero-order valence-electron chi connectivity index (χ0n) is 14.8. The van der Waals surface area contributed by atoms with E-state index in [-0.39, 0.29) is 11.7 Å². The molecular formula is C20H21FN2O3S. The van der Waals surface area contributed by atoms with E-state index in [4.69, 9.17) is 5.73 Å². The van der Waals surface area contributed by atoms with Crippen LogP contribution in [0.2, 0.25) is 0 Å². The summed E-state index contributed by atoms with van der Waals surface area (Å²) in [6, 6.07) is 8.47. The first kappa shape index (κ1) is 18.0. The topological polar surface area (TPSA) is 99.3 Å². The molecule has 0 unspecified atom stereocenters. The normalized spacial score (nSPS) is 20.1. The molecule has 5 N–H and O–H groups in total. The molecule has 1 atom stereocenters. The average Bonchev–Trinajstić information content (AvgIpc) is 3.19. The molecule has 0 spiro atoms. The third kappa shape index (κ3) is 3.22. The summed E-state index contributed by atoms with van der Waals surface area (Å²) < 4.78 is 33.6. The van der Waals surface area contributed by atoms with Crippen LogP contribution in [0.3, 0.4) is 0 Å². The smallest absolute Gasteiger partial charge is 0.250 e. The number of nitrogens with two attached hydrogens (primary N) is 1. The van der Waals surface area contributed by atoms with Gasteiger partial charge in [-0.2, -0.15) is 10.6 Å². The fourth-order valence-electron chi connectivity index (χ4n) is 3.84. The Hall–Kier alpha value is -2.35. The largest absolute Gasteiger partial charge is 0.366 e. The monoisotopic (exact) mass is 388 g/mol. The molecule has 0 radical (unpaired) electrons. The molecule has 1 saturated heterocycles. The lowest BCUT2D eigenvalue weighted by Crippen LogP contribution is -2.11. The molecule has 142 valence electrons. The van der Waals surface area contributed by atoms with Gasteiger partial charge in [0, 0.05) is 29.0 Å². The summed E-state index contributed by atoms with van der Waals surface area (Å²) in [6.45, 7) is 1.69. The molecule has 1 fully saturated rings. The van der Waals surface area contributed by atoms with E-state index in [2.05, 4.69) is 4.98 Å². The summed E-state index contributed by atoms with van der Waals surface area (Å²) in [5, 5.41) is 0.838. The second-order valence-electron chi connectivity index (χ2n) is 7.18. The molecule has 4 rings (SSSR count). The highest BCUT2D eigenvalue weighted by Gasteiger charge is 2.31. The molecule has 2 aromatic carbocycles. The van der Waals surface area contributed by atoms with Gasteiger partial charge in [0.25, 0.3) is 5.91 Å². The summed E-state index contributed by atoms with van der Waals surface area (Å²) in [5.74, 6) is -0.108. The van der Waals surface area contributed by atoms with Crippen molar-refractivity contribution in [2.45, 2.75) is 19.3 Å². The lowest BCUT2D eigenvalue weighted by molar-refractivity contribution is 0.100. The van der Waals surface area contributed by atoms with Crippen LogP contribution in [0, 0.1) is 12.7 Å². The number of aryl methyl sites for hydroxylation is 1. The van der Waals surface area contributed by atoms with E-state index in [1.165, 1.54) is 6.07 Å². The summed E-state index contributed by atoms with van der Waals surface area (Å²) in [4.78, 5) is 15.1. The summed E-state index contributed by atoms with van der Waals surface area (Å²) in [5.41, 5.74) is 9.63. The fourth-order valence-corrected chi connectivity index (χ4v) is 5.66. The quantitative estimate of drug-likeness (QED) is 0.527. The molecule has 1 aromatic heterocycles. The number of aromatic nitrogens is 1. The molecule has 1 aliphatic rings. The van der Waals surface area contributed by atoms with Crippen molar-refractivity contribution in [1.82, 2.24) is 4.98 Å². The Bertz CT molecular complexity index is 1060. The van der Waals surface area contributed by atoms with Gasteiger partial charge in [0.15, 0.2) is 0 Å². The van der Waals surface area contributed by atoms with Crippen LogP contribution in [-0.2, 0) is 0 Å². The van der Waals surface area contributed by atoms with Crippen LogP contribution >= 0.6 is 10.6 Å². The number of nitrogens with one attached hydrogen (secondary N) is 1. The summed E-state index contributed by atoms with van der Waals surface area (Å²) in [6.07, 6.45) is 2.50. The predicted octanol–water partition coefficient (Wildman–Crippen LogP) is 4.62. The van der Waals surface area contributed by atoms with Crippen LogP contribution in [-0.4, -0.2) is 31.5 Å². The maximum absolute atomic E-state index is 13.6. The van der Waals surface area contributed by atoms with Gasteiger partial charge in [-0.15, -0.1) is 0 Å². The number of rotatable bonds is 3. The summed E-state index contributed by atoms with van der Waals surface area (Å²) in [7, 11) is -2.54. The molecule has 5 nitrogen and oxygen atoms in total. The van der Waals surface area contributed by atoms with Gasteiger partial charge >= 0.3 is 0 Å². The molecule has 3 aromatic rings. The van der Waals surface area contributed by atoms with Gasteiger partial charge in [-0.3, -0.25) is 13.9 Å². The van der Waals surface area contributed by atoms with Crippen molar-refractivity contribution in [2.75, 3.05) is 11.5 Å². The van der Waals surface area contributed by atoms with E-state index in [1.807, 2.05) is 12.3 Å². The van der Waals surface area contributed by atoms with Gasteiger partial charge in [0.2, 0.25) is 0 Å². The Morgan fingerprint density at radius 2 is 2.04 bits per heavy atom. The van der Waals surface area contributed by atoms with E-state index in [0.717, 1.165) is 22.1 Å². The van der Waals surface area contributed by atoms with Crippen molar-refractivity contribution in [3.63, 3.8) is 0 Å². The zero-order chi connectivity index (χ0) is 19.3. The number of amides is 1. The number of carbonyl (C=O) groups excluding carboxylic acids is 1. The molecule has 1 aliphatic heterocycles. The number of aromatic amines is 1. The molecule has 2 heterocycles. The number of fused-ring (bicyclic) bond motifs is 1. The molecular weight excluding hydrogens is 367 g/mol. The lowest BCUT2D eigenvalue weighted by atomic mass is 9.93. The molecule has 0 aliphatic carbocycles. The van der Waals surface area contributed by atoms with E-state index in [1.54, 1.807) is 25.1 Å². The van der Waals surface area contributed by atoms with Crippen molar-refractivity contribution >= 4 is 27.4 Å². The van der Waals surface area contributed by atoms with Gasteiger partial charge in [0.1, 0.15) is 5.82 Å². The van der Waals surface area contributed by atoms with Crippen LogP contribution in [0.15, 0.2) is 36.5 Å². The number of halogens is 1. The Morgan fingerprint density at radius 1 is 1.26 bits per heavy atom. The van der Waals surface area contributed by atoms with Crippen molar-refractivity contribution < 1.29 is 18.3 Å². The highest BCUT2D eigenvalue weighted by Crippen LogP contribution is 2.52. The van der Waals surface area contributed by atoms with Gasteiger partial charge in [-0.1, -0.05) is 6.07 Å². The van der Waals surface area contributed by atoms with E-state index < -0.39 is 16.5 Å². The highest BCUT2D eigenvalue weighted by molar-refractivity contribution is 8.24. The van der Waals surface area contributed by atoms with Gasteiger partial charge < -0.3 is 10.7 Å². The van der Waals surface area contributed by atoms with Crippen LogP contribution in [0.1, 0.15) is 33.8 Å². The van der Waals surface area contributed by atoms with Crippen molar-refractivity contribution in [1.29, 1.82) is 0 Å². The first-order valence-corrected chi connectivity index (χ1v) is 10.6. The van der Waals surface area contributed by atoms with Crippen molar-refractivity contribution in [2.24, 2.45) is 5.73 Å². The van der Waals surface area contributed by atoms with E-state index >= 15 is 0 Å². The SMILES string of the molecule is Cc1cc(-c2cc(C(N)=O)c3[nH]cc([C@@H]4CCS(O)(O)C4)c3c2)ccc1F. The maximum Gasteiger partial charge on any atom is 0.250 e. The first-order chi connectivity index (χ1) is 12.7. The number of H-pyrrole nitrogens is 1. The number of benzene rings is 2. The van der Waals surface area contributed by atoms with Gasteiger partial charge in [-0.25, -0.2) is 4.39 Å². The fraction of sp³-hybridized carbons (Fsp3) is 0.250. The first-order valence-electron chi connectivity index (χ1n) is 8.70. The standard InChI is InChI=1S/C20H21FN2O3S/c1-11-6-12(2-3-18(11)21)14-7-15-17(13-4-5-27(25,26)10-13)9-23-19(15)16(8-14)20(22)24/h2-3,6-9,13,23,25-26H,4-5,10H2,1H3,(H2,22,24)/t13-/m1/s1. The Labute approximate surface area is 157 Å². The van der Waals surface area contributed by atoms with Gasteiger partial charge in [0.05, 0.1) is 11.1 Å². The molecule has 1 amide bonds. The second kappa shape index (κ2) is 6.37. The molecule has 0 saturated carbocycles. The number of hydrogen-bond acceptors (Lipinski definition) is 3. The Morgan fingerprint density at radius 3 is 2.67 bits per heavy atom. The van der Waals surface area contributed by atoms with E-state index in [0.29, 0.717) is 34.6 Å².